The Morgan fingerprint density at radius 2 is 2.32 bits per heavy atom. The van der Waals surface area contributed by atoms with Gasteiger partial charge < -0.3 is 9.64 Å². The molecule has 6 nitrogen and oxygen atoms in total. The van der Waals surface area contributed by atoms with Gasteiger partial charge in [0.05, 0.1) is 22.1 Å². The number of thiazole rings is 1. The number of rotatable bonds is 8. The molecule has 28 heavy (non-hydrogen) atoms. The number of aromatic nitrogens is 1. The third-order valence-corrected chi connectivity index (χ3v) is 6.61. The summed E-state index contributed by atoms with van der Waals surface area (Å²) >= 11 is 6.16. The number of urea groups is 1. The summed E-state index contributed by atoms with van der Waals surface area (Å²) in [5.74, 6) is 2.13. The molecular formula is C19H20BrN3O3S2. The van der Waals surface area contributed by atoms with E-state index >= 15 is 0 Å². The van der Waals surface area contributed by atoms with Crippen LogP contribution in [0.5, 0.6) is 0 Å². The first-order valence-corrected chi connectivity index (χ1v) is 11.5. The summed E-state index contributed by atoms with van der Waals surface area (Å²) in [7, 11) is 0. The third kappa shape index (κ3) is 4.57. The summed E-state index contributed by atoms with van der Waals surface area (Å²) < 4.78 is 6.56. The molecule has 1 atom stereocenters. The molecule has 3 heterocycles. The second kappa shape index (κ2) is 9.54. The van der Waals surface area contributed by atoms with E-state index in [-0.39, 0.29) is 12.6 Å². The molecule has 148 valence electrons. The smallest absolute Gasteiger partial charge is 0.341 e. The van der Waals surface area contributed by atoms with Gasteiger partial charge in [0.1, 0.15) is 0 Å². The normalized spacial score (nSPS) is 16.5. The van der Waals surface area contributed by atoms with Gasteiger partial charge in [-0.2, -0.15) is 11.3 Å². The van der Waals surface area contributed by atoms with E-state index < -0.39 is 12.2 Å². The predicted octanol–water partition coefficient (Wildman–Crippen LogP) is 4.76. The second-order valence-corrected chi connectivity index (χ2v) is 9.41. The van der Waals surface area contributed by atoms with Crippen molar-refractivity contribution in [3.05, 3.63) is 31.9 Å². The average molecular weight is 482 g/mol. The minimum atomic E-state index is -0.741. The first kappa shape index (κ1) is 20.8. The summed E-state index contributed by atoms with van der Waals surface area (Å²) in [5, 5.41) is 4.28. The zero-order chi connectivity index (χ0) is 20.1. The number of hydrogen-bond donors (Lipinski definition) is 0. The number of halogens is 1. The molecule has 0 saturated carbocycles. The van der Waals surface area contributed by atoms with Crippen LogP contribution in [0.2, 0.25) is 0 Å². The summed E-state index contributed by atoms with van der Waals surface area (Å²) in [6.07, 6.45) is 9.56. The van der Waals surface area contributed by atoms with Crippen LogP contribution >= 0.6 is 38.6 Å². The van der Waals surface area contributed by atoms with Crippen LogP contribution in [0.4, 0.5) is 9.93 Å². The number of amides is 2. The molecule has 0 bridgehead atoms. The highest BCUT2D eigenvalue weighted by molar-refractivity contribution is 9.11. The lowest BCUT2D eigenvalue weighted by Gasteiger charge is -2.20. The Hall–Kier alpha value is -1.89. The molecule has 0 radical (unpaired) electrons. The number of esters is 1. The molecule has 9 heteroatoms. The van der Waals surface area contributed by atoms with E-state index in [1.807, 2.05) is 10.8 Å². The van der Waals surface area contributed by atoms with Gasteiger partial charge in [0.2, 0.25) is 6.23 Å². The van der Waals surface area contributed by atoms with Crippen LogP contribution in [-0.2, 0) is 11.2 Å². The maximum atomic E-state index is 12.9. The Morgan fingerprint density at radius 3 is 3.00 bits per heavy atom. The van der Waals surface area contributed by atoms with Crippen LogP contribution in [0.25, 0.3) is 0 Å². The maximum Gasteiger partial charge on any atom is 0.341 e. The number of terminal acetylenes is 1. The quantitative estimate of drug-likeness (QED) is 0.402. The van der Waals surface area contributed by atoms with Gasteiger partial charge in [-0.1, -0.05) is 24.7 Å². The van der Waals surface area contributed by atoms with E-state index in [2.05, 4.69) is 33.8 Å². The minimum absolute atomic E-state index is 0.258. The van der Waals surface area contributed by atoms with Crippen molar-refractivity contribution in [3.63, 3.8) is 0 Å². The molecule has 1 aliphatic heterocycles. The fourth-order valence-electron chi connectivity index (χ4n) is 2.91. The molecule has 0 aromatic carbocycles. The molecule has 1 fully saturated rings. The van der Waals surface area contributed by atoms with E-state index in [1.54, 1.807) is 11.1 Å². The van der Waals surface area contributed by atoms with Gasteiger partial charge in [-0.25, -0.2) is 19.5 Å². The van der Waals surface area contributed by atoms with Crippen molar-refractivity contribution in [2.75, 3.05) is 18.0 Å². The van der Waals surface area contributed by atoms with Gasteiger partial charge >= 0.3 is 12.0 Å². The molecular weight excluding hydrogens is 462 g/mol. The second-order valence-electron chi connectivity index (χ2n) is 6.27. The Kier molecular flexibility index (Phi) is 7.10. The summed E-state index contributed by atoms with van der Waals surface area (Å²) in [6, 6.07) is -0.258. The Morgan fingerprint density at radius 1 is 1.50 bits per heavy atom. The third-order valence-electron chi connectivity index (χ3n) is 4.34. The molecule has 1 unspecified atom stereocenters. The lowest BCUT2D eigenvalue weighted by molar-refractivity contribution is 0.0326. The van der Waals surface area contributed by atoms with Crippen molar-refractivity contribution < 1.29 is 14.3 Å². The van der Waals surface area contributed by atoms with Crippen LogP contribution in [0.15, 0.2) is 20.7 Å². The molecule has 1 saturated heterocycles. The first-order valence-electron chi connectivity index (χ1n) is 8.94. The Bertz CT molecular complexity index is 889. The topological polar surface area (TPSA) is 62.7 Å². The van der Waals surface area contributed by atoms with Crippen molar-refractivity contribution >= 4 is 55.7 Å². The number of thiophene rings is 1. The van der Waals surface area contributed by atoms with Crippen molar-refractivity contribution in [2.45, 2.75) is 38.8 Å². The van der Waals surface area contributed by atoms with E-state index in [1.165, 1.54) is 27.6 Å². The van der Waals surface area contributed by atoms with Gasteiger partial charge in [-0.05, 0) is 39.7 Å². The van der Waals surface area contributed by atoms with Crippen LogP contribution in [-0.4, -0.2) is 41.2 Å². The number of hydrogen-bond acceptors (Lipinski definition) is 6. The molecule has 1 aliphatic rings. The number of nitrogens with zero attached hydrogens (tertiary/aromatic N) is 3. The maximum absolute atomic E-state index is 12.9. The lowest BCUT2D eigenvalue weighted by atomic mass is 10.1. The number of aryl methyl sites for hydroxylation is 1. The van der Waals surface area contributed by atoms with Crippen molar-refractivity contribution in [1.82, 2.24) is 9.88 Å². The van der Waals surface area contributed by atoms with E-state index in [0.29, 0.717) is 23.7 Å². The number of ether oxygens (including phenoxy) is 1. The summed E-state index contributed by atoms with van der Waals surface area (Å²) in [5.41, 5.74) is 1.57. The summed E-state index contributed by atoms with van der Waals surface area (Å²) in [6.45, 7) is 2.79. The molecule has 3 rings (SSSR count). The average Bonchev–Trinajstić information content (AvgIpc) is 3.38. The number of carbonyl (C=O) groups is 2. The fourth-order valence-corrected chi connectivity index (χ4v) is 4.99. The van der Waals surface area contributed by atoms with Crippen LogP contribution in [0.1, 0.15) is 42.1 Å². The number of unbranched alkanes of at least 4 members (excludes halogenated alkanes) is 1. The lowest BCUT2D eigenvalue weighted by Crippen LogP contribution is -2.37. The molecule has 0 N–H and O–H groups in total. The highest BCUT2D eigenvalue weighted by Crippen LogP contribution is 2.32. The van der Waals surface area contributed by atoms with Crippen molar-refractivity contribution in [1.29, 1.82) is 0 Å². The molecule has 2 aromatic heterocycles. The van der Waals surface area contributed by atoms with Gasteiger partial charge in [0.15, 0.2) is 5.13 Å². The van der Waals surface area contributed by atoms with Gasteiger partial charge in [-0.3, -0.25) is 0 Å². The van der Waals surface area contributed by atoms with Crippen LogP contribution in [0.3, 0.4) is 0 Å². The monoisotopic (exact) mass is 481 g/mol. The van der Waals surface area contributed by atoms with E-state index in [0.717, 1.165) is 28.6 Å². The van der Waals surface area contributed by atoms with Crippen LogP contribution in [0, 0.1) is 12.3 Å². The van der Waals surface area contributed by atoms with Gasteiger partial charge in [0, 0.05) is 18.3 Å². The fraction of sp³-hybridized carbons (Fsp3) is 0.421. The van der Waals surface area contributed by atoms with E-state index in [9.17, 15) is 9.59 Å². The number of carbonyl (C=O) groups excluding carboxylic acids is 2. The standard InChI is InChI=1S/C19H20BrN3O3S2/c1-3-5-7-13-11-27-12-14(13)17(24)26-16-10-22(8-6-4-2)19(25)23(16)18-21-9-15(20)28-18/h2,9,11-12,16H,3,5-8,10H2,1H3. The SMILES string of the molecule is C#CCCN1CC(OC(=O)c2cscc2CCCC)N(c2ncc(Br)s2)C1=O. The highest BCUT2D eigenvalue weighted by Gasteiger charge is 2.42. The Labute approximate surface area is 180 Å². The minimum Gasteiger partial charge on any atom is -0.435 e. The zero-order valence-electron chi connectivity index (χ0n) is 15.4. The summed E-state index contributed by atoms with van der Waals surface area (Å²) in [4.78, 5) is 33.0. The molecule has 2 aromatic rings. The van der Waals surface area contributed by atoms with Crippen LogP contribution < -0.4 is 4.90 Å². The molecule has 0 aliphatic carbocycles. The zero-order valence-corrected chi connectivity index (χ0v) is 18.6. The van der Waals surface area contributed by atoms with Crippen molar-refractivity contribution in [2.24, 2.45) is 0 Å². The van der Waals surface area contributed by atoms with Crippen molar-refractivity contribution in [3.8, 4) is 12.3 Å². The van der Waals surface area contributed by atoms with Gasteiger partial charge in [-0.15, -0.1) is 12.3 Å². The first-order chi connectivity index (χ1) is 13.5. The van der Waals surface area contributed by atoms with E-state index in [4.69, 9.17) is 11.2 Å². The van der Waals surface area contributed by atoms with Gasteiger partial charge in [0.25, 0.3) is 0 Å². The predicted molar refractivity (Wildman–Crippen MR) is 115 cm³/mol. The largest absolute Gasteiger partial charge is 0.435 e. The molecule has 2 amide bonds. The Balaban J connectivity index is 1.79. The number of anilines is 1. The highest BCUT2D eigenvalue weighted by atomic mass is 79.9. The molecule has 0 spiro atoms.